The lowest BCUT2D eigenvalue weighted by molar-refractivity contribution is -0.387. The second-order valence-corrected chi connectivity index (χ2v) is 5.28. The number of hydrogen-bond acceptors (Lipinski definition) is 4. The van der Waals surface area contributed by atoms with E-state index >= 15 is 0 Å². The Morgan fingerprint density at radius 3 is 2.72 bits per heavy atom. The van der Waals surface area contributed by atoms with Crippen molar-refractivity contribution in [3.8, 4) is 0 Å². The van der Waals surface area contributed by atoms with Gasteiger partial charge in [0.15, 0.2) is 0 Å². The predicted octanol–water partition coefficient (Wildman–Crippen LogP) is 4.06. The Morgan fingerprint density at radius 1 is 1.39 bits per heavy atom. The molecule has 1 aromatic heterocycles. The van der Waals surface area contributed by atoms with Gasteiger partial charge in [0.1, 0.15) is 0 Å². The van der Waals surface area contributed by atoms with Crippen molar-refractivity contribution in [2.24, 2.45) is 0 Å². The minimum absolute atomic E-state index is 0.489. The molecule has 0 amide bonds. The van der Waals surface area contributed by atoms with Gasteiger partial charge in [-0.05, 0) is 18.2 Å². The van der Waals surface area contributed by atoms with Crippen molar-refractivity contribution < 1.29 is 9.31 Å². The Morgan fingerprint density at radius 2 is 2.17 bits per heavy atom. The van der Waals surface area contributed by atoms with Gasteiger partial charge in [-0.1, -0.05) is 11.6 Å². The Bertz CT molecular complexity index is 588. The highest BCUT2D eigenvalue weighted by molar-refractivity contribution is 7.16. The summed E-state index contributed by atoms with van der Waals surface area (Å²) in [6.45, 7) is 0.495. The van der Waals surface area contributed by atoms with Gasteiger partial charge in [-0.2, -0.15) is 4.39 Å². The molecule has 0 aliphatic carbocycles. The average molecular weight is 287 g/mol. The van der Waals surface area contributed by atoms with Gasteiger partial charge in [0.2, 0.25) is 5.82 Å². The van der Waals surface area contributed by atoms with E-state index < -0.39 is 16.4 Å². The highest BCUT2D eigenvalue weighted by Gasteiger charge is 2.13. The average Bonchev–Trinajstić information content (AvgIpc) is 2.72. The first kappa shape index (κ1) is 12.8. The fourth-order valence-electron chi connectivity index (χ4n) is 1.40. The van der Waals surface area contributed by atoms with Gasteiger partial charge >= 0.3 is 5.69 Å². The molecule has 0 atom stereocenters. The summed E-state index contributed by atoms with van der Waals surface area (Å²) in [5, 5.41) is 13.4. The molecule has 18 heavy (non-hydrogen) atoms. The number of nitro groups is 1. The summed E-state index contributed by atoms with van der Waals surface area (Å²) in [7, 11) is 0. The minimum atomic E-state index is -0.853. The van der Waals surface area contributed by atoms with E-state index in [1.807, 2.05) is 6.07 Å². The number of nitrogens with zero attached hydrogens (tertiary/aromatic N) is 1. The van der Waals surface area contributed by atoms with Crippen molar-refractivity contribution >= 4 is 34.3 Å². The zero-order chi connectivity index (χ0) is 13.1. The maximum atomic E-state index is 13.3. The number of nitro benzene ring substituents is 1. The van der Waals surface area contributed by atoms with Gasteiger partial charge in [-0.15, -0.1) is 11.3 Å². The van der Waals surface area contributed by atoms with Crippen LogP contribution in [0.4, 0.5) is 15.8 Å². The topological polar surface area (TPSA) is 55.2 Å². The quantitative estimate of drug-likeness (QED) is 0.681. The molecule has 0 saturated carbocycles. The Hall–Kier alpha value is -1.66. The third-order valence-electron chi connectivity index (χ3n) is 2.24. The van der Waals surface area contributed by atoms with Crippen LogP contribution in [0.15, 0.2) is 30.3 Å². The summed E-state index contributed by atoms with van der Waals surface area (Å²) < 4.78 is 14.0. The van der Waals surface area contributed by atoms with Gasteiger partial charge < -0.3 is 5.32 Å². The maximum absolute atomic E-state index is 13.3. The van der Waals surface area contributed by atoms with Gasteiger partial charge in [-0.3, -0.25) is 10.1 Å². The summed E-state index contributed by atoms with van der Waals surface area (Å²) in [6, 6.07) is 7.35. The molecule has 4 nitrogen and oxygen atoms in total. The van der Waals surface area contributed by atoms with Crippen molar-refractivity contribution in [1.82, 2.24) is 0 Å². The van der Waals surface area contributed by atoms with Crippen LogP contribution in [0.1, 0.15) is 4.88 Å². The molecule has 1 aromatic carbocycles. The Labute approximate surface area is 111 Å². The molecule has 0 saturated heterocycles. The molecule has 2 aromatic rings. The van der Waals surface area contributed by atoms with Crippen molar-refractivity contribution in [3.63, 3.8) is 0 Å². The number of halogens is 2. The minimum Gasteiger partial charge on any atom is -0.380 e. The van der Waals surface area contributed by atoms with Crippen LogP contribution in [0.3, 0.4) is 0 Å². The molecule has 1 heterocycles. The van der Waals surface area contributed by atoms with Crippen LogP contribution in [-0.2, 0) is 6.54 Å². The van der Waals surface area contributed by atoms with Gasteiger partial charge in [0, 0.05) is 29.2 Å². The first-order chi connectivity index (χ1) is 8.56. The number of thiophene rings is 1. The third kappa shape index (κ3) is 2.96. The fourth-order valence-corrected chi connectivity index (χ4v) is 2.43. The van der Waals surface area contributed by atoms with Crippen LogP contribution in [0.5, 0.6) is 0 Å². The molecule has 0 aliphatic rings. The number of nitrogens with one attached hydrogen (secondary N) is 1. The van der Waals surface area contributed by atoms with E-state index in [-0.39, 0.29) is 0 Å². The van der Waals surface area contributed by atoms with Crippen molar-refractivity contribution in [2.75, 3.05) is 5.32 Å². The molecule has 2 rings (SSSR count). The molecule has 0 aliphatic heterocycles. The lowest BCUT2D eigenvalue weighted by atomic mass is 10.2. The summed E-state index contributed by atoms with van der Waals surface area (Å²) in [6.07, 6.45) is 0. The van der Waals surface area contributed by atoms with Crippen LogP contribution in [0.25, 0.3) is 0 Å². The summed E-state index contributed by atoms with van der Waals surface area (Å²) in [5.41, 5.74) is -0.0395. The SMILES string of the molecule is O=[N+]([O-])c1ccc(NCc2ccc(Cl)s2)cc1F. The normalized spacial score (nSPS) is 10.3. The van der Waals surface area contributed by atoms with E-state index in [1.165, 1.54) is 17.4 Å². The lowest BCUT2D eigenvalue weighted by Gasteiger charge is -2.04. The first-order valence-electron chi connectivity index (χ1n) is 4.98. The van der Waals surface area contributed by atoms with Crippen LogP contribution < -0.4 is 5.32 Å². The highest BCUT2D eigenvalue weighted by atomic mass is 35.5. The Kier molecular flexibility index (Phi) is 3.78. The first-order valence-corrected chi connectivity index (χ1v) is 6.18. The number of anilines is 1. The van der Waals surface area contributed by atoms with E-state index in [9.17, 15) is 14.5 Å². The van der Waals surface area contributed by atoms with Crippen molar-refractivity contribution in [1.29, 1.82) is 0 Å². The molecule has 94 valence electrons. The lowest BCUT2D eigenvalue weighted by Crippen LogP contribution is -1.99. The van der Waals surface area contributed by atoms with E-state index in [0.29, 0.717) is 16.6 Å². The summed E-state index contributed by atoms with van der Waals surface area (Å²) in [4.78, 5) is 10.7. The number of hydrogen-bond donors (Lipinski definition) is 1. The smallest absolute Gasteiger partial charge is 0.304 e. The maximum Gasteiger partial charge on any atom is 0.304 e. The third-order valence-corrected chi connectivity index (χ3v) is 3.47. The summed E-state index contributed by atoms with van der Waals surface area (Å²) >= 11 is 7.20. The van der Waals surface area contributed by atoms with E-state index in [1.54, 1.807) is 6.07 Å². The largest absolute Gasteiger partial charge is 0.380 e. The predicted molar refractivity (Wildman–Crippen MR) is 69.7 cm³/mol. The van der Waals surface area contributed by atoms with Crippen molar-refractivity contribution in [2.45, 2.75) is 6.54 Å². The second kappa shape index (κ2) is 5.32. The van der Waals surface area contributed by atoms with E-state index in [0.717, 1.165) is 17.0 Å². The fraction of sp³-hybridized carbons (Fsp3) is 0.0909. The number of rotatable bonds is 4. The van der Waals surface area contributed by atoms with Gasteiger partial charge in [0.05, 0.1) is 9.26 Å². The van der Waals surface area contributed by atoms with E-state index in [4.69, 9.17) is 11.6 Å². The molecule has 0 unspecified atom stereocenters. The van der Waals surface area contributed by atoms with Crippen molar-refractivity contribution in [3.05, 3.63) is 55.5 Å². The summed E-state index contributed by atoms with van der Waals surface area (Å²) in [5.74, 6) is -0.853. The van der Waals surface area contributed by atoms with Crippen LogP contribution in [-0.4, -0.2) is 4.92 Å². The standard InChI is InChI=1S/C11H8ClFN2O2S/c12-11-4-2-8(18-11)6-14-7-1-3-10(15(16)17)9(13)5-7/h1-5,14H,6H2. The zero-order valence-electron chi connectivity index (χ0n) is 9.02. The molecule has 1 N–H and O–H groups in total. The van der Waals surface area contributed by atoms with Gasteiger partial charge in [-0.25, -0.2) is 0 Å². The molecule has 7 heteroatoms. The van der Waals surface area contributed by atoms with E-state index in [2.05, 4.69) is 5.32 Å². The van der Waals surface area contributed by atoms with Crippen LogP contribution in [0, 0.1) is 15.9 Å². The van der Waals surface area contributed by atoms with Crippen LogP contribution in [0.2, 0.25) is 4.34 Å². The molecular weight excluding hydrogens is 279 g/mol. The highest BCUT2D eigenvalue weighted by Crippen LogP contribution is 2.24. The molecule has 0 fully saturated rings. The molecule has 0 radical (unpaired) electrons. The molecule has 0 bridgehead atoms. The molecule has 0 spiro atoms. The second-order valence-electron chi connectivity index (χ2n) is 3.48. The van der Waals surface area contributed by atoms with Gasteiger partial charge in [0.25, 0.3) is 0 Å². The number of benzene rings is 1. The monoisotopic (exact) mass is 286 g/mol. The molecular formula is C11H8ClFN2O2S. The zero-order valence-corrected chi connectivity index (χ0v) is 10.6. The Balaban J connectivity index is 2.06. The van der Waals surface area contributed by atoms with Crippen LogP contribution >= 0.6 is 22.9 Å².